The molecule has 2 aliphatic rings. The summed E-state index contributed by atoms with van der Waals surface area (Å²) in [4.78, 5) is 15.5. The summed E-state index contributed by atoms with van der Waals surface area (Å²) in [5.74, 6) is 0.0742. The molecule has 0 amide bonds. The van der Waals surface area contributed by atoms with Gasteiger partial charge in [-0.25, -0.2) is 8.42 Å². The molecule has 38 heavy (non-hydrogen) atoms. The number of piperazine rings is 1. The van der Waals surface area contributed by atoms with E-state index in [4.69, 9.17) is 21.6 Å². The van der Waals surface area contributed by atoms with Crippen molar-refractivity contribution in [2.24, 2.45) is 5.41 Å². The highest BCUT2D eigenvalue weighted by Crippen LogP contribution is 2.45. The van der Waals surface area contributed by atoms with Gasteiger partial charge in [-0.15, -0.1) is 0 Å². The van der Waals surface area contributed by atoms with Crippen molar-refractivity contribution in [2.75, 3.05) is 37.7 Å². The van der Waals surface area contributed by atoms with Gasteiger partial charge in [0, 0.05) is 36.6 Å². The van der Waals surface area contributed by atoms with Crippen LogP contribution >= 0.6 is 11.6 Å². The average molecular weight is 554 g/mol. The van der Waals surface area contributed by atoms with E-state index in [1.54, 1.807) is 54.7 Å². The monoisotopic (exact) mass is 553 g/mol. The van der Waals surface area contributed by atoms with Crippen LogP contribution in [0.5, 0.6) is 5.75 Å². The lowest BCUT2D eigenvalue weighted by Crippen LogP contribution is -2.49. The molecule has 198 valence electrons. The summed E-state index contributed by atoms with van der Waals surface area (Å²) in [5, 5.41) is 13.8. The SMILES string of the molecule is CC1(COc2c(N3CCN(S(=O)(=O)Cc4ccc(C#N)cc4)CC3)cnn(-c3cccc(Cl)c3)c2=O)CC1. The molecule has 11 heteroatoms. The van der Waals surface area contributed by atoms with Gasteiger partial charge in [0.15, 0.2) is 0 Å². The minimum atomic E-state index is -3.55. The topological polar surface area (TPSA) is 109 Å². The second-order valence-corrected chi connectivity index (χ2v) is 12.5. The van der Waals surface area contributed by atoms with Crippen molar-refractivity contribution in [3.05, 3.63) is 81.2 Å². The zero-order chi connectivity index (χ0) is 26.9. The van der Waals surface area contributed by atoms with E-state index in [0.717, 1.165) is 12.8 Å². The van der Waals surface area contributed by atoms with Gasteiger partial charge in [-0.05, 0) is 48.7 Å². The van der Waals surface area contributed by atoms with Gasteiger partial charge in [0.2, 0.25) is 15.8 Å². The van der Waals surface area contributed by atoms with Crippen LogP contribution in [0.15, 0.2) is 59.5 Å². The Morgan fingerprint density at radius 2 is 1.82 bits per heavy atom. The Hall–Kier alpha value is -3.39. The second-order valence-electron chi connectivity index (χ2n) is 10.1. The zero-order valence-electron chi connectivity index (χ0n) is 21.0. The van der Waals surface area contributed by atoms with E-state index in [9.17, 15) is 13.2 Å². The molecular formula is C27H28ClN5O4S. The highest BCUT2D eigenvalue weighted by Gasteiger charge is 2.39. The summed E-state index contributed by atoms with van der Waals surface area (Å²) < 4.78 is 35.0. The first-order valence-corrected chi connectivity index (χ1v) is 14.4. The van der Waals surface area contributed by atoms with Crippen LogP contribution in [0.2, 0.25) is 5.02 Å². The molecule has 1 aliphatic heterocycles. The fraction of sp³-hybridized carbons (Fsp3) is 0.370. The summed E-state index contributed by atoms with van der Waals surface area (Å²) in [5.41, 5.74) is 1.89. The molecule has 0 bridgehead atoms. The van der Waals surface area contributed by atoms with Crippen molar-refractivity contribution in [2.45, 2.75) is 25.5 Å². The molecule has 0 atom stereocenters. The van der Waals surface area contributed by atoms with Crippen LogP contribution in [-0.2, 0) is 15.8 Å². The molecule has 1 saturated carbocycles. The number of hydrogen-bond acceptors (Lipinski definition) is 7. The predicted molar refractivity (Wildman–Crippen MR) is 145 cm³/mol. The predicted octanol–water partition coefficient (Wildman–Crippen LogP) is 3.59. The molecule has 0 N–H and O–H groups in total. The Balaban J connectivity index is 1.35. The summed E-state index contributed by atoms with van der Waals surface area (Å²) in [7, 11) is -3.55. The number of sulfonamides is 1. The van der Waals surface area contributed by atoms with Crippen LogP contribution in [-0.4, -0.2) is 55.3 Å². The van der Waals surface area contributed by atoms with Gasteiger partial charge < -0.3 is 9.64 Å². The lowest BCUT2D eigenvalue weighted by molar-refractivity contribution is 0.242. The van der Waals surface area contributed by atoms with E-state index < -0.39 is 10.0 Å². The third-order valence-electron chi connectivity index (χ3n) is 7.04. The van der Waals surface area contributed by atoms with Gasteiger partial charge in [-0.1, -0.05) is 36.7 Å². The highest BCUT2D eigenvalue weighted by molar-refractivity contribution is 7.88. The lowest BCUT2D eigenvalue weighted by Gasteiger charge is -2.35. The number of aromatic nitrogens is 2. The Bertz CT molecular complexity index is 1540. The smallest absolute Gasteiger partial charge is 0.316 e. The number of halogens is 1. The molecule has 2 aromatic carbocycles. The summed E-state index contributed by atoms with van der Waals surface area (Å²) in [6.07, 6.45) is 3.70. The number of anilines is 1. The van der Waals surface area contributed by atoms with Gasteiger partial charge in [0.05, 0.1) is 35.9 Å². The van der Waals surface area contributed by atoms with Crippen LogP contribution in [0.4, 0.5) is 5.69 Å². The van der Waals surface area contributed by atoms with Crippen molar-refractivity contribution < 1.29 is 13.2 Å². The van der Waals surface area contributed by atoms with Crippen molar-refractivity contribution in [1.29, 1.82) is 5.26 Å². The fourth-order valence-corrected chi connectivity index (χ4v) is 6.07. The van der Waals surface area contributed by atoms with Gasteiger partial charge in [-0.3, -0.25) is 4.79 Å². The maximum Gasteiger partial charge on any atom is 0.316 e. The molecule has 0 radical (unpaired) electrons. The van der Waals surface area contributed by atoms with Gasteiger partial charge in [0.25, 0.3) is 0 Å². The normalized spacial score (nSPS) is 17.1. The van der Waals surface area contributed by atoms with Crippen molar-refractivity contribution in [1.82, 2.24) is 14.1 Å². The molecule has 0 spiro atoms. The first-order valence-electron chi connectivity index (χ1n) is 12.4. The fourth-order valence-electron chi connectivity index (χ4n) is 4.37. The Morgan fingerprint density at radius 1 is 1.11 bits per heavy atom. The molecule has 2 fully saturated rings. The highest BCUT2D eigenvalue weighted by atomic mass is 35.5. The first-order chi connectivity index (χ1) is 18.2. The van der Waals surface area contributed by atoms with Gasteiger partial charge in [-0.2, -0.15) is 19.3 Å². The quantitative estimate of drug-likeness (QED) is 0.419. The molecule has 1 aliphatic carbocycles. The van der Waals surface area contributed by atoms with E-state index in [0.29, 0.717) is 47.2 Å². The Labute approximate surface area is 226 Å². The Morgan fingerprint density at radius 3 is 2.45 bits per heavy atom. The lowest BCUT2D eigenvalue weighted by atomic mass is 10.2. The van der Waals surface area contributed by atoms with E-state index >= 15 is 0 Å². The third-order valence-corrected chi connectivity index (χ3v) is 9.13. The van der Waals surface area contributed by atoms with Gasteiger partial charge in [0.1, 0.15) is 5.69 Å². The largest absolute Gasteiger partial charge is 0.486 e. The number of rotatable bonds is 8. The van der Waals surface area contributed by atoms with Crippen LogP contribution in [0.25, 0.3) is 5.69 Å². The Kier molecular flexibility index (Phi) is 7.18. The zero-order valence-corrected chi connectivity index (χ0v) is 22.6. The number of benzene rings is 2. The number of hydrogen-bond donors (Lipinski definition) is 0. The molecule has 3 aromatic rings. The minimum Gasteiger partial charge on any atom is -0.486 e. The molecule has 1 saturated heterocycles. The maximum absolute atomic E-state index is 13.5. The number of nitriles is 1. The summed E-state index contributed by atoms with van der Waals surface area (Å²) >= 11 is 6.14. The molecular weight excluding hydrogens is 526 g/mol. The minimum absolute atomic E-state index is 0.0616. The van der Waals surface area contributed by atoms with Crippen LogP contribution < -0.4 is 15.2 Å². The third kappa shape index (κ3) is 5.70. The van der Waals surface area contributed by atoms with Crippen molar-refractivity contribution in [3.63, 3.8) is 0 Å². The van der Waals surface area contributed by atoms with Crippen molar-refractivity contribution in [3.8, 4) is 17.5 Å². The molecule has 2 heterocycles. The summed E-state index contributed by atoms with van der Waals surface area (Å²) in [6, 6.07) is 15.5. The van der Waals surface area contributed by atoms with Crippen molar-refractivity contribution >= 4 is 27.3 Å². The number of ether oxygens (including phenoxy) is 1. The van der Waals surface area contributed by atoms with E-state index in [2.05, 4.69) is 12.0 Å². The number of nitrogens with zero attached hydrogens (tertiary/aromatic N) is 5. The van der Waals surface area contributed by atoms with E-state index in [1.807, 2.05) is 11.0 Å². The maximum atomic E-state index is 13.5. The summed E-state index contributed by atoms with van der Waals surface area (Å²) in [6.45, 7) is 3.87. The van der Waals surface area contributed by atoms with Crippen LogP contribution in [0, 0.1) is 16.7 Å². The molecule has 5 rings (SSSR count). The molecule has 0 unspecified atom stereocenters. The standard InChI is InChI=1S/C27H28ClN5O4S/c1-27(9-10-27)19-37-25-24(17-30-33(26(25)34)23-4-2-3-22(28)15-23)31-11-13-32(14-12-31)38(35,36)18-21-7-5-20(16-29)6-8-21/h2-8,15,17H,9-14,18-19H2,1H3. The second kappa shape index (κ2) is 10.4. The van der Waals surface area contributed by atoms with Crippen LogP contribution in [0.1, 0.15) is 30.9 Å². The molecule has 1 aromatic heterocycles. The van der Waals surface area contributed by atoms with E-state index in [-0.39, 0.29) is 35.6 Å². The molecule has 9 nitrogen and oxygen atoms in total. The van der Waals surface area contributed by atoms with E-state index in [1.165, 1.54) is 8.99 Å². The average Bonchev–Trinajstić information content (AvgIpc) is 3.65. The first kappa shape index (κ1) is 26.2. The van der Waals surface area contributed by atoms with Crippen LogP contribution in [0.3, 0.4) is 0 Å². The van der Waals surface area contributed by atoms with Gasteiger partial charge >= 0.3 is 5.56 Å².